The number of hydrogen-bond acceptors (Lipinski definition) is 4. The van der Waals surface area contributed by atoms with E-state index in [1.54, 1.807) is 11.3 Å². The lowest BCUT2D eigenvalue weighted by atomic mass is 10.0. The summed E-state index contributed by atoms with van der Waals surface area (Å²) in [6.45, 7) is 9.57. The van der Waals surface area contributed by atoms with Gasteiger partial charge in [-0.05, 0) is 32.2 Å². The zero-order chi connectivity index (χ0) is 13.1. The lowest BCUT2D eigenvalue weighted by Gasteiger charge is -2.32. The second-order valence-electron chi connectivity index (χ2n) is 5.59. The Labute approximate surface area is 114 Å². The van der Waals surface area contributed by atoms with Crippen LogP contribution < -0.4 is 5.73 Å². The Bertz CT molecular complexity index is 386. The Kier molecular flexibility index (Phi) is 4.76. The number of nitrogens with zero attached hydrogens (tertiary/aromatic N) is 2. The van der Waals surface area contributed by atoms with Gasteiger partial charge in [-0.2, -0.15) is 0 Å². The number of nitrogens with two attached hydrogens (primary N) is 1. The van der Waals surface area contributed by atoms with Crippen molar-refractivity contribution in [1.82, 2.24) is 9.88 Å². The first kappa shape index (κ1) is 14.0. The summed E-state index contributed by atoms with van der Waals surface area (Å²) >= 11 is 1.81. The molecule has 102 valence electrons. The van der Waals surface area contributed by atoms with Gasteiger partial charge in [0.15, 0.2) is 0 Å². The van der Waals surface area contributed by atoms with E-state index < -0.39 is 0 Å². The molecule has 1 aromatic rings. The monoisotopic (exact) mass is 267 g/mol. The molecule has 1 aliphatic heterocycles. The number of hydrogen-bond donors (Lipinski definition) is 1. The highest BCUT2D eigenvalue weighted by Gasteiger charge is 2.21. The van der Waals surface area contributed by atoms with E-state index in [-0.39, 0.29) is 0 Å². The quantitative estimate of drug-likeness (QED) is 0.911. The molecule has 3 nitrogen and oxygen atoms in total. The van der Waals surface area contributed by atoms with Crippen molar-refractivity contribution < 1.29 is 0 Å². The van der Waals surface area contributed by atoms with Crippen LogP contribution in [0, 0.1) is 0 Å². The van der Waals surface area contributed by atoms with E-state index in [0.717, 1.165) is 6.54 Å². The molecule has 0 aliphatic carbocycles. The molecule has 0 saturated carbocycles. The van der Waals surface area contributed by atoms with Crippen LogP contribution in [0.2, 0.25) is 0 Å². The van der Waals surface area contributed by atoms with E-state index >= 15 is 0 Å². The summed E-state index contributed by atoms with van der Waals surface area (Å²) < 4.78 is 0. The van der Waals surface area contributed by atoms with Crippen molar-refractivity contribution in [3.63, 3.8) is 0 Å². The maximum atomic E-state index is 5.82. The molecular formula is C14H25N3S. The van der Waals surface area contributed by atoms with Crippen molar-refractivity contribution in [3.8, 4) is 0 Å². The molecule has 0 aromatic carbocycles. The smallest absolute Gasteiger partial charge is 0.107 e. The minimum absolute atomic E-state index is 0.479. The normalized spacial score (nSPS) is 21.7. The molecule has 1 aliphatic rings. The topological polar surface area (TPSA) is 42.2 Å². The average Bonchev–Trinajstić information content (AvgIpc) is 2.75. The SMILES string of the molecule is CC(C)c1nc(CN2CCCCC2C)sc1CN. The third kappa shape index (κ3) is 3.11. The van der Waals surface area contributed by atoms with Crippen LogP contribution in [0.4, 0.5) is 0 Å². The van der Waals surface area contributed by atoms with E-state index in [2.05, 4.69) is 25.7 Å². The van der Waals surface area contributed by atoms with Gasteiger partial charge in [0.05, 0.1) is 12.2 Å². The van der Waals surface area contributed by atoms with Crippen molar-refractivity contribution in [2.24, 2.45) is 5.73 Å². The number of likely N-dealkylation sites (tertiary alicyclic amines) is 1. The molecule has 2 rings (SSSR count). The second-order valence-corrected chi connectivity index (χ2v) is 6.76. The Morgan fingerprint density at radius 1 is 1.44 bits per heavy atom. The van der Waals surface area contributed by atoms with Crippen LogP contribution in [0.1, 0.15) is 61.5 Å². The van der Waals surface area contributed by atoms with Gasteiger partial charge < -0.3 is 5.73 Å². The highest BCUT2D eigenvalue weighted by molar-refractivity contribution is 7.11. The standard InChI is InChI=1S/C14H25N3S/c1-10(2)14-12(8-15)18-13(16-14)9-17-7-5-4-6-11(17)3/h10-11H,4-9,15H2,1-3H3. The minimum atomic E-state index is 0.479. The molecule has 0 amide bonds. The van der Waals surface area contributed by atoms with Gasteiger partial charge in [0.25, 0.3) is 0 Å². The molecule has 1 fully saturated rings. The highest BCUT2D eigenvalue weighted by atomic mass is 32.1. The minimum Gasteiger partial charge on any atom is -0.326 e. The van der Waals surface area contributed by atoms with Crippen LogP contribution in [0.5, 0.6) is 0 Å². The predicted octanol–water partition coefficient (Wildman–Crippen LogP) is 3.10. The number of thiazole rings is 1. The Balaban J connectivity index is 2.09. The fraction of sp³-hybridized carbons (Fsp3) is 0.786. The van der Waals surface area contributed by atoms with Gasteiger partial charge in [0.2, 0.25) is 0 Å². The fourth-order valence-electron chi connectivity index (χ4n) is 2.65. The zero-order valence-electron chi connectivity index (χ0n) is 11.8. The molecule has 0 radical (unpaired) electrons. The average molecular weight is 267 g/mol. The first-order valence-electron chi connectivity index (χ1n) is 7.04. The molecule has 0 bridgehead atoms. The van der Waals surface area contributed by atoms with Gasteiger partial charge >= 0.3 is 0 Å². The molecular weight excluding hydrogens is 242 g/mol. The van der Waals surface area contributed by atoms with Crippen LogP contribution in [-0.2, 0) is 13.1 Å². The lowest BCUT2D eigenvalue weighted by molar-refractivity contribution is 0.152. The van der Waals surface area contributed by atoms with E-state index in [4.69, 9.17) is 10.7 Å². The summed E-state index contributed by atoms with van der Waals surface area (Å²) in [5, 5.41) is 1.24. The summed E-state index contributed by atoms with van der Waals surface area (Å²) in [6.07, 6.45) is 4.03. The summed E-state index contributed by atoms with van der Waals surface area (Å²) in [5.74, 6) is 0.479. The summed E-state index contributed by atoms with van der Waals surface area (Å²) in [7, 11) is 0. The Morgan fingerprint density at radius 2 is 2.22 bits per heavy atom. The van der Waals surface area contributed by atoms with Crippen molar-refractivity contribution in [3.05, 3.63) is 15.6 Å². The molecule has 1 saturated heterocycles. The van der Waals surface area contributed by atoms with Gasteiger partial charge in [0, 0.05) is 17.5 Å². The molecule has 1 aromatic heterocycles. The number of piperidine rings is 1. The predicted molar refractivity (Wildman–Crippen MR) is 77.8 cm³/mol. The van der Waals surface area contributed by atoms with Crippen LogP contribution in [0.25, 0.3) is 0 Å². The summed E-state index contributed by atoms with van der Waals surface area (Å²) in [4.78, 5) is 8.64. The Hall–Kier alpha value is -0.450. The van der Waals surface area contributed by atoms with Crippen LogP contribution in [0.15, 0.2) is 0 Å². The first-order valence-corrected chi connectivity index (χ1v) is 7.86. The maximum absolute atomic E-state index is 5.82. The largest absolute Gasteiger partial charge is 0.326 e. The molecule has 1 atom stereocenters. The van der Waals surface area contributed by atoms with Crippen molar-refractivity contribution in [2.75, 3.05) is 6.54 Å². The van der Waals surface area contributed by atoms with Crippen LogP contribution in [-0.4, -0.2) is 22.5 Å². The van der Waals surface area contributed by atoms with E-state index in [9.17, 15) is 0 Å². The molecule has 18 heavy (non-hydrogen) atoms. The van der Waals surface area contributed by atoms with E-state index in [0.29, 0.717) is 18.5 Å². The van der Waals surface area contributed by atoms with Gasteiger partial charge in [-0.3, -0.25) is 4.90 Å². The number of aromatic nitrogens is 1. The van der Waals surface area contributed by atoms with Gasteiger partial charge in [0.1, 0.15) is 5.01 Å². The molecule has 2 heterocycles. The fourth-order valence-corrected chi connectivity index (χ4v) is 3.77. The first-order chi connectivity index (χ1) is 8.61. The zero-order valence-corrected chi connectivity index (χ0v) is 12.6. The van der Waals surface area contributed by atoms with Crippen LogP contribution in [0.3, 0.4) is 0 Å². The van der Waals surface area contributed by atoms with E-state index in [1.807, 2.05) is 0 Å². The third-order valence-electron chi connectivity index (χ3n) is 3.78. The Morgan fingerprint density at radius 3 is 2.78 bits per heavy atom. The second kappa shape index (κ2) is 6.13. The molecule has 0 spiro atoms. The summed E-state index contributed by atoms with van der Waals surface area (Å²) in [6, 6.07) is 0.700. The van der Waals surface area contributed by atoms with Crippen LogP contribution >= 0.6 is 11.3 Å². The lowest BCUT2D eigenvalue weighted by Crippen LogP contribution is -2.36. The van der Waals surface area contributed by atoms with Gasteiger partial charge in [-0.25, -0.2) is 4.98 Å². The van der Waals surface area contributed by atoms with E-state index in [1.165, 1.54) is 41.4 Å². The van der Waals surface area contributed by atoms with Crippen molar-refractivity contribution >= 4 is 11.3 Å². The van der Waals surface area contributed by atoms with Gasteiger partial charge in [-0.15, -0.1) is 11.3 Å². The number of rotatable bonds is 4. The van der Waals surface area contributed by atoms with Crippen molar-refractivity contribution in [1.29, 1.82) is 0 Å². The van der Waals surface area contributed by atoms with Gasteiger partial charge in [-0.1, -0.05) is 20.3 Å². The molecule has 1 unspecified atom stereocenters. The highest BCUT2D eigenvalue weighted by Crippen LogP contribution is 2.27. The molecule has 2 N–H and O–H groups in total. The maximum Gasteiger partial charge on any atom is 0.107 e. The van der Waals surface area contributed by atoms with Crippen molar-refractivity contribution in [2.45, 2.75) is 65.1 Å². The summed E-state index contributed by atoms with van der Waals surface area (Å²) in [5.41, 5.74) is 7.03. The molecule has 4 heteroatoms. The third-order valence-corrected chi connectivity index (χ3v) is 4.86.